The highest BCUT2D eigenvalue weighted by Gasteiger charge is 2.10. The smallest absolute Gasteiger partial charge is 0.231 e. The van der Waals surface area contributed by atoms with E-state index >= 15 is 0 Å². The standard InChI is InChI=1S/C12H24N6OS/c1-5-13-10-15-11(14-8-9-20(4)19)17-12(16-10)18(6-2)7-3/h5-9H2,1-4H3,(H2,13,14,15,16,17). The number of hydrogen-bond acceptors (Lipinski definition) is 7. The third-order valence-electron chi connectivity index (χ3n) is 2.68. The van der Waals surface area contributed by atoms with Crippen molar-refractivity contribution < 1.29 is 4.21 Å². The second-order valence-electron chi connectivity index (χ2n) is 4.19. The molecule has 0 aliphatic rings. The van der Waals surface area contributed by atoms with E-state index in [1.54, 1.807) is 6.26 Å². The fourth-order valence-electron chi connectivity index (χ4n) is 1.64. The monoisotopic (exact) mass is 300 g/mol. The van der Waals surface area contributed by atoms with Gasteiger partial charge in [0, 0.05) is 49.0 Å². The van der Waals surface area contributed by atoms with Gasteiger partial charge in [-0.2, -0.15) is 15.0 Å². The molecule has 0 aliphatic heterocycles. The van der Waals surface area contributed by atoms with Gasteiger partial charge in [-0.25, -0.2) is 0 Å². The largest absolute Gasteiger partial charge is 0.354 e. The molecule has 8 heteroatoms. The number of rotatable bonds is 9. The zero-order valence-electron chi connectivity index (χ0n) is 12.6. The molecule has 0 saturated carbocycles. The second-order valence-corrected chi connectivity index (χ2v) is 5.74. The molecule has 0 aromatic carbocycles. The number of nitrogens with one attached hydrogen (secondary N) is 2. The average molecular weight is 300 g/mol. The van der Waals surface area contributed by atoms with Gasteiger partial charge in [-0.15, -0.1) is 0 Å². The third kappa shape index (κ3) is 5.28. The fourth-order valence-corrected chi connectivity index (χ4v) is 2.02. The molecule has 0 spiro atoms. The molecule has 20 heavy (non-hydrogen) atoms. The maximum absolute atomic E-state index is 11.1. The van der Waals surface area contributed by atoms with E-state index in [-0.39, 0.29) is 0 Å². The Balaban J connectivity index is 2.88. The van der Waals surface area contributed by atoms with Crippen molar-refractivity contribution in [3.8, 4) is 0 Å². The molecule has 1 aromatic heterocycles. The van der Waals surface area contributed by atoms with Crippen molar-refractivity contribution in [1.29, 1.82) is 0 Å². The first-order valence-corrected chi connectivity index (χ1v) is 8.62. The number of nitrogens with zero attached hydrogens (tertiary/aromatic N) is 4. The molecule has 1 atom stereocenters. The van der Waals surface area contributed by atoms with Crippen LogP contribution in [0.25, 0.3) is 0 Å². The van der Waals surface area contributed by atoms with Crippen molar-refractivity contribution in [2.24, 2.45) is 0 Å². The van der Waals surface area contributed by atoms with Crippen LogP contribution in [0.1, 0.15) is 20.8 Å². The van der Waals surface area contributed by atoms with Crippen molar-refractivity contribution in [2.75, 3.05) is 53.7 Å². The number of hydrogen-bond donors (Lipinski definition) is 2. The Kier molecular flexibility index (Phi) is 7.21. The zero-order valence-corrected chi connectivity index (χ0v) is 13.5. The van der Waals surface area contributed by atoms with Gasteiger partial charge in [0.1, 0.15) is 0 Å². The SMILES string of the molecule is CCNc1nc(NCCS(C)=O)nc(N(CC)CC)n1. The van der Waals surface area contributed by atoms with Crippen LogP contribution >= 0.6 is 0 Å². The molecule has 114 valence electrons. The van der Waals surface area contributed by atoms with E-state index in [0.29, 0.717) is 30.1 Å². The molecule has 0 aliphatic carbocycles. The van der Waals surface area contributed by atoms with Gasteiger partial charge in [0.15, 0.2) is 0 Å². The van der Waals surface area contributed by atoms with E-state index in [0.717, 1.165) is 19.6 Å². The molecule has 1 aromatic rings. The molecule has 1 rings (SSSR count). The van der Waals surface area contributed by atoms with Crippen molar-refractivity contribution in [1.82, 2.24) is 15.0 Å². The lowest BCUT2D eigenvalue weighted by Crippen LogP contribution is -2.25. The fraction of sp³-hybridized carbons (Fsp3) is 0.750. The van der Waals surface area contributed by atoms with Gasteiger partial charge in [-0.3, -0.25) is 4.21 Å². The van der Waals surface area contributed by atoms with Crippen LogP contribution in [-0.2, 0) is 10.8 Å². The summed E-state index contributed by atoms with van der Waals surface area (Å²) in [4.78, 5) is 15.2. The van der Waals surface area contributed by atoms with E-state index in [1.807, 2.05) is 6.92 Å². The lowest BCUT2D eigenvalue weighted by Gasteiger charge is -2.19. The molecular weight excluding hydrogens is 276 g/mol. The Morgan fingerprint density at radius 2 is 1.65 bits per heavy atom. The van der Waals surface area contributed by atoms with Crippen LogP contribution < -0.4 is 15.5 Å². The molecule has 1 heterocycles. The van der Waals surface area contributed by atoms with E-state index in [9.17, 15) is 4.21 Å². The highest BCUT2D eigenvalue weighted by atomic mass is 32.2. The van der Waals surface area contributed by atoms with Crippen LogP contribution in [0.2, 0.25) is 0 Å². The summed E-state index contributed by atoms with van der Waals surface area (Å²) in [6, 6.07) is 0. The molecule has 0 bridgehead atoms. The van der Waals surface area contributed by atoms with Crippen molar-refractivity contribution >= 4 is 28.6 Å². The van der Waals surface area contributed by atoms with E-state index < -0.39 is 10.8 Å². The summed E-state index contributed by atoms with van der Waals surface area (Å²) in [5.41, 5.74) is 0. The quantitative estimate of drug-likeness (QED) is 0.702. The number of anilines is 3. The first-order valence-electron chi connectivity index (χ1n) is 6.89. The first-order chi connectivity index (χ1) is 9.60. The molecule has 0 saturated heterocycles. The lowest BCUT2D eigenvalue weighted by atomic mass is 10.5. The summed E-state index contributed by atoms with van der Waals surface area (Å²) in [5.74, 6) is 2.30. The summed E-state index contributed by atoms with van der Waals surface area (Å²) in [6.45, 7) is 9.13. The van der Waals surface area contributed by atoms with Crippen LogP contribution in [-0.4, -0.2) is 57.3 Å². The van der Waals surface area contributed by atoms with Gasteiger partial charge in [-0.05, 0) is 20.8 Å². The highest BCUT2D eigenvalue weighted by Crippen LogP contribution is 2.13. The van der Waals surface area contributed by atoms with Crippen molar-refractivity contribution in [2.45, 2.75) is 20.8 Å². The molecular formula is C12H24N6OS. The van der Waals surface area contributed by atoms with Gasteiger partial charge in [-0.1, -0.05) is 0 Å². The zero-order chi connectivity index (χ0) is 15.0. The van der Waals surface area contributed by atoms with Crippen LogP contribution in [0, 0.1) is 0 Å². The van der Waals surface area contributed by atoms with Gasteiger partial charge in [0.2, 0.25) is 17.8 Å². The predicted octanol–water partition coefficient (Wildman–Crippen LogP) is 0.940. The summed E-state index contributed by atoms with van der Waals surface area (Å²) < 4.78 is 11.1. The van der Waals surface area contributed by atoms with E-state index in [4.69, 9.17) is 0 Å². The number of aromatic nitrogens is 3. The molecule has 2 N–H and O–H groups in total. The summed E-state index contributed by atoms with van der Waals surface area (Å²) in [5, 5.41) is 6.20. The van der Waals surface area contributed by atoms with Crippen molar-refractivity contribution in [3.05, 3.63) is 0 Å². The van der Waals surface area contributed by atoms with Crippen LogP contribution in [0.15, 0.2) is 0 Å². The Hall–Kier alpha value is -1.44. The van der Waals surface area contributed by atoms with Crippen LogP contribution in [0.4, 0.5) is 17.8 Å². The van der Waals surface area contributed by atoms with Gasteiger partial charge < -0.3 is 15.5 Å². The minimum Gasteiger partial charge on any atom is -0.354 e. The predicted molar refractivity (Wildman–Crippen MR) is 85.0 cm³/mol. The maximum atomic E-state index is 11.1. The van der Waals surface area contributed by atoms with Gasteiger partial charge in [0.25, 0.3) is 0 Å². The van der Waals surface area contributed by atoms with E-state index in [2.05, 4.69) is 44.3 Å². The average Bonchev–Trinajstić information content (AvgIpc) is 2.40. The Morgan fingerprint density at radius 3 is 2.15 bits per heavy atom. The van der Waals surface area contributed by atoms with Crippen molar-refractivity contribution in [3.63, 3.8) is 0 Å². The molecule has 0 fully saturated rings. The van der Waals surface area contributed by atoms with Gasteiger partial charge >= 0.3 is 0 Å². The normalized spacial score (nSPS) is 12.0. The summed E-state index contributed by atoms with van der Waals surface area (Å²) in [7, 11) is -0.825. The third-order valence-corrected chi connectivity index (χ3v) is 3.46. The van der Waals surface area contributed by atoms with Gasteiger partial charge in [0.05, 0.1) is 0 Å². The highest BCUT2D eigenvalue weighted by molar-refractivity contribution is 7.84. The Bertz CT molecular complexity index is 438. The Labute approximate surface area is 123 Å². The summed E-state index contributed by atoms with van der Waals surface area (Å²) >= 11 is 0. The maximum Gasteiger partial charge on any atom is 0.231 e. The van der Waals surface area contributed by atoms with E-state index in [1.165, 1.54) is 0 Å². The molecule has 1 unspecified atom stereocenters. The lowest BCUT2D eigenvalue weighted by molar-refractivity contribution is 0.687. The first kappa shape index (κ1) is 16.6. The second kappa shape index (κ2) is 8.68. The van der Waals surface area contributed by atoms with Crippen LogP contribution in [0.3, 0.4) is 0 Å². The molecule has 0 amide bonds. The molecule has 0 radical (unpaired) electrons. The topological polar surface area (TPSA) is 83.0 Å². The minimum absolute atomic E-state index is 0.517. The summed E-state index contributed by atoms with van der Waals surface area (Å²) in [6.07, 6.45) is 1.68. The minimum atomic E-state index is -0.825. The Morgan fingerprint density at radius 1 is 1.05 bits per heavy atom. The van der Waals surface area contributed by atoms with Crippen LogP contribution in [0.5, 0.6) is 0 Å². The molecule has 7 nitrogen and oxygen atoms in total.